The number of hydrogen-bond donors (Lipinski definition) is 2. The molecule has 2 N–H and O–H groups in total. The molecule has 1 aromatic heterocycles. The van der Waals surface area contributed by atoms with Crippen molar-refractivity contribution in [1.82, 2.24) is 5.32 Å². The smallest absolute Gasteiger partial charge is 0.226 e. The fourth-order valence-corrected chi connectivity index (χ4v) is 2.76. The molecule has 0 bridgehead atoms. The molecule has 0 spiro atoms. The molecule has 0 aliphatic carbocycles. The average molecular weight is 358 g/mol. The van der Waals surface area contributed by atoms with Gasteiger partial charge < -0.3 is 10.6 Å². The van der Waals surface area contributed by atoms with Crippen molar-refractivity contribution >= 4 is 34.6 Å². The molecule has 0 unspecified atom stereocenters. The molecule has 2 aromatic rings. The summed E-state index contributed by atoms with van der Waals surface area (Å²) >= 11 is 1.39. The summed E-state index contributed by atoms with van der Waals surface area (Å²) in [4.78, 5) is 36.0. The van der Waals surface area contributed by atoms with Crippen molar-refractivity contribution in [3.8, 4) is 0 Å². The minimum Gasteiger partial charge on any atom is -0.352 e. The van der Waals surface area contributed by atoms with Gasteiger partial charge in [-0.25, -0.2) is 0 Å². The van der Waals surface area contributed by atoms with Crippen molar-refractivity contribution in [2.75, 3.05) is 5.32 Å². The SMILES string of the molecule is CC(C)C(=O)Nc1ccc(CNC(=O)CCC(=O)c2cccs2)cc1. The summed E-state index contributed by atoms with van der Waals surface area (Å²) in [5.41, 5.74) is 1.66. The third-order valence-corrected chi connectivity index (χ3v) is 4.52. The van der Waals surface area contributed by atoms with E-state index in [4.69, 9.17) is 0 Å². The summed E-state index contributed by atoms with van der Waals surface area (Å²) in [5.74, 6) is -0.259. The zero-order chi connectivity index (χ0) is 18.2. The summed E-state index contributed by atoms with van der Waals surface area (Å²) < 4.78 is 0. The van der Waals surface area contributed by atoms with E-state index in [0.29, 0.717) is 11.4 Å². The number of nitrogens with one attached hydrogen (secondary N) is 2. The van der Waals surface area contributed by atoms with E-state index in [1.54, 1.807) is 6.07 Å². The molecule has 0 saturated heterocycles. The Kier molecular flexibility index (Phi) is 6.89. The van der Waals surface area contributed by atoms with Gasteiger partial charge in [0.2, 0.25) is 11.8 Å². The van der Waals surface area contributed by atoms with E-state index in [-0.39, 0.29) is 36.4 Å². The van der Waals surface area contributed by atoms with Crippen LogP contribution < -0.4 is 10.6 Å². The first-order chi connectivity index (χ1) is 12.0. The first kappa shape index (κ1) is 18.9. The second-order valence-electron chi connectivity index (χ2n) is 6.02. The van der Waals surface area contributed by atoms with E-state index >= 15 is 0 Å². The summed E-state index contributed by atoms with van der Waals surface area (Å²) in [6, 6.07) is 10.9. The average Bonchev–Trinajstić information content (AvgIpc) is 3.13. The third kappa shape index (κ3) is 6.15. The van der Waals surface area contributed by atoms with Crippen molar-refractivity contribution in [2.45, 2.75) is 33.2 Å². The monoisotopic (exact) mass is 358 g/mol. The Morgan fingerprint density at radius 3 is 2.36 bits per heavy atom. The summed E-state index contributed by atoms with van der Waals surface area (Å²) in [7, 11) is 0. The van der Waals surface area contributed by atoms with Crippen molar-refractivity contribution < 1.29 is 14.4 Å². The second-order valence-corrected chi connectivity index (χ2v) is 6.97. The van der Waals surface area contributed by atoms with Gasteiger partial charge in [-0.3, -0.25) is 14.4 Å². The Labute approximate surface area is 151 Å². The molecule has 2 amide bonds. The van der Waals surface area contributed by atoms with E-state index in [0.717, 1.165) is 11.3 Å². The fraction of sp³-hybridized carbons (Fsp3) is 0.316. The van der Waals surface area contributed by atoms with Crippen molar-refractivity contribution in [1.29, 1.82) is 0 Å². The van der Waals surface area contributed by atoms with Gasteiger partial charge in [-0.05, 0) is 29.1 Å². The molecule has 1 heterocycles. The zero-order valence-electron chi connectivity index (χ0n) is 14.4. The normalized spacial score (nSPS) is 10.5. The number of benzene rings is 1. The van der Waals surface area contributed by atoms with E-state index in [1.807, 2.05) is 49.6 Å². The Balaban J connectivity index is 1.74. The minimum absolute atomic E-state index is 0.00426. The van der Waals surface area contributed by atoms with Gasteiger partial charge in [0.1, 0.15) is 0 Å². The lowest BCUT2D eigenvalue weighted by Crippen LogP contribution is -2.23. The predicted molar refractivity (Wildman–Crippen MR) is 99.6 cm³/mol. The molecule has 0 radical (unpaired) electrons. The molecule has 6 heteroatoms. The molecule has 0 saturated carbocycles. The number of rotatable bonds is 8. The molecule has 0 fully saturated rings. The van der Waals surface area contributed by atoms with Gasteiger partial charge in [-0.2, -0.15) is 0 Å². The van der Waals surface area contributed by atoms with E-state index in [2.05, 4.69) is 10.6 Å². The van der Waals surface area contributed by atoms with Crippen molar-refractivity contribution in [2.24, 2.45) is 5.92 Å². The third-order valence-electron chi connectivity index (χ3n) is 3.61. The van der Waals surface area contributed by atoms with Crippen LogP contribution in [0, 0.1) is 5.92 Å². The number of hydrogen-bond acceptors (Lipinski definition) is 4. The van der Waals surface area contributed by atoms with E-state index in [1.165, 1.54) is 11.3 Å². The minimum atomic E-state index is -0.151. The van der Waals surface area contributed by atoms with E-state index < -0.39 is 0 Å². The van der Waals surface area contributed by atoms with Gasteiger partial charge in [0.15, 0.2) is 5.78 Å². The molecule has 0 aliphatic rings. The van der Waals surface area contributed by atoms with Crippen LogP contribution in [0.4, 0.5) is 5.69 Å². The van der Waals surface area contributed by atoms with E-state index in [9.17, 15) is 14.4 Å². The molecule has 0 atom stereocenters. The van der Waals surface area contributed by atoms with Crippen LogP contribution in [-0.4, -0.2) is 17.6 Å². The fourth-order valence-electron chi connectivity index (χ4n) is 2.07. The van der Waals surface area contributed by atoms with Crippen LogP contribution in [0.15, 0.2) is 41.8 Å². The van der Waals surface area contributed by atoms with Gasteiger partial charge in [-0.15, -0.1) is 11.3 Å². The van der Waals surface area contributed by atoms with Crippen LogP contribution in [0.5, 0.6) is 0 Å². The number of ketones is 1. The van der Waals surface area contributed by atoms with Crippen molar-refractivity contribution in [3.05, 3.63) is 52.2 Å². The number of anilines is 1. The summed E-state index contributed by atoms with van der Waals surface area (Å²) in [5, 5.41) is 7.47. The molecule has 2 rings (SSSR count). The van der Waals surface area contributed by atoms with Gasteiger partial charge in [0.25, 0.3) is 0 Å². The highest BCUT2D eigenvalue weighted by atomic mass is 32.1. The number of amides is 2. The molecule has 5 nitrogen and oxygen atoms in total. The van der Waals surface area contributed by atoms with Gasteiger partial charge in [0.05, 0.1) is 4.88 Å². The highest BCUT2D eigenvalue weighted by Crippen LogP contribution is 2.13. The van der Waals surface area contributed by atoms with Crippen LogP contribution in [0.2, 0.25) is 0 Å². The van der Waals surface area contributed by atoms with Crippen LogP contribution in [0.3, 0.4) is 0 Å². The quantitative estimate of drug-likeness (QED) is 0.708. The highest BCUT2D eigenvalue weighted by Gasteiger charge is 2.10. The molecule has 25 heavy (non-hydrogen) atoms. The van der Waals surface area contributed by atoms with Crippen LogP contribution >= 0.6 is 11.3 Å². The zero-order valence-corrected chi connectivity index (χ0v) is 15.2. The Hall–Kier alpha value is -2.47. The number of carbonyl (C=O) groups excluding carboxylic acids is 3. The topological polar surface area (TPSA) is 75.3 Å². The van der Waals surface area contributed by atoms with Gasteiger partial charge in [0, 0.05) is 31.0 Å². The lowest BCUT2D eigenvalue weighted by Gasteiger charge is -2.09. The molecule has 0 aliphatic heterocycles. The largest absolute Gasteiger partial charge is 0.352 e. The van der Waals surface area contributed by atoms with Gasteiger partial charge in [-0.1, -0.05) is 32.0 Å². The lowest BCUT2D eigenvalue weighted by molar-refractivity contribution is -0.121. The summed E-state index contributed by atoms with van der Waals surface area (Å²) in [6.45, 7) is 4.06. The molecular weight excluding hydrogens is 336 g/mol. The Morgan fingerprint density at radius 1 is 1.04 bits per heavy atom. The maximum absolute atomic E-state index is 11.9. The standard InChI is InChI=1S/C19H22N2O3S/c1-13(2)19(24)21-15-7-5-14(6-8-15)12-20-18(23)10-9-16(22)17-4-3-11-25-17/h3-8,11,13H,9-10,12H2,1-2H3,(H,20,23)(H,21,24). The number of carbonyl (C=O) groups is 3. The lowest BCUT2D eigenvalue weighted by atomic mass is 10.1. The first-order valence-electron chi connectivity index (χ1n) is 8.19. The number of thiophene rings is 1. The first-order valence-corrected chi connectivity index (χ1v) is 9.07. The Bertz CT molecular complexity index is 722. The molecule has 1 aromatic carbocycles. The summed E-state index contributed by atoms with van der Waals surface area (Å²) in [6.07, 6.45) is 0.395. The van der Waals surface area contributed by atoms with Crippen molar-refractivity contribution in [3.63, 3.8) is 0 Å². The maximum atomic E-state index is 11.9. The highest BCUT2D eigenvalue weighted by molar-refractivity contribution is 7.12. The predicted octanol–water partition coefficient (Wildman–Crippen LogP) is 3.62. The molecular formula is C19H22N2O3S. The van der Waals surface area contributed by atoms with Crippen LogP contribution in [-0.2, 0) is 16.1 Å². The Morgan fingerprint density at radius 2 is 1.76 bits per heavy atom. The van der Waals surface area contributed by atoms with Gasteiger partial charge >= 0.3 is 0 Å². The number of Topliss-reactive ketones (excluding diaryl/α,β-unsaturated/α-hetero) is 1. The van der Waals surface area contributed by atoms with Crippen LogP contribution in [0.1, 0.15) is 41.9 Å². The second kappa shape index (κ2) is 9.13. The van der Waals surface area contributed by atoms with Crippen LogP contribution in [0.25, 0.3) is 0 Å². The maximum Gasteiger partial charge on any atom is 0.226 e. The molecule has 132 valence electrons.